The van der Waals surface area contributed by atoms with Gasteiger partial charge in [-0.1, -0.05) is 0 Å². The van der Waals surface area contributed by atoms with Crippen molar-refractivity contribution in [3.05, 3.63) is 62.5 Å². The van der Waals surface area contributed by atoms with Crippen LogP contribution in [0.2, 0.25) is 0 Å². The first-order valence-corrected chi connectivity index (χ1v) is 8.39. The van der Waals surface area contributed by atoms with E-state index >= 15 is 0 Å². The number of fused-ring (bicyclic) bond motifs is 1. The van der Waals surface area contributed by atoms with Gasteiger partial charge in [0.15, 0.2) is 0 Å². The number of hydrogen-bond donors (Lipinski definition) is 0. The van der Waals surface area contributed by atoms with Crippen LogP contribution in [0.5, 0.6) is 0 Å². The second kappa shape index (κ2) is 4.30. The van der Waals surface area contributed by atoms with E-state index in [1.165, 1.54) is 12.0 Å². The fourth-order valence-corrected chi connectivity index (χ4v) is 6.17. The Bertz CT molecular complexity index is 506. The molecule has 3 rings (SSSR count). The third-order valence-electron chi connectivity index (χ3n) is 3.25. The van der Waals surface area contributed by atoms with Crippen LogP contribution in [0.4, 0.5) is 0 Å². The molecule has 0 aliphatic heterocycles. The number of benzene rings is 1. The summed E-state index contributed by atoms with van der Waals surface area (Å²) in [5.41, 5.74) is 4.62. The second-order valence-corrected chi connectivity index (χ2v) is 8.13. The van der Waals surface area contributed by atoms with Gasteiger partial charge in [0.2, 0.25) is 0 Å². The monoisotopic (exact) mass is 284 g/mol. The first kappa shape index (κ1) is 10.5. The van der Waals surface area contributed by atoms with Crippen LogP contribution in [0.3, 0.4) is 0 Å². The zero-order chi connectivity index (χ0) is 11.0. The van der Waals surface area contributed by atoms with Crippen LogP contribution < -0.4 is 0 Å². The van der Waals surface area contributed by atoms with E-state index in [0.29, 0.717) is 0 Å². The Balaban J connectivity index is 1.88. The molecule has 2 aliphatic rings. The minimum atomic E-state index is -0.464. The van der Waals surface area contributed by atoms with Gasteiger partial charge in [-0.3, -0.25) is 0 Å². The van der Waals surface area contributed by atoms with Gasteiger partial charge in [-0.25, -0.2) is 0 Å². The third kappa shape index (κ3) is 1.82. The Morgan fingerprint density at radius 3 is 2.94 bits per heavy atom. The molecule has 1 aromatic rings. The zero-order valence-electron chi connectivity index (χ0n) is 9.40. The van der Waals surface area contributed by atoms with Gasteiger partial charge in [-0.2, -0.15) is 0 Å². The Morgan fingerprint density at radius 2 is 2.12 bits per heavy atom. The van der Waals surface area contributed by atoms with E-state index in [4.69, 9.17) is 0 Å². The van der Waals surface area contributed by atoms with Gasteiger partial charge in [-0.05, 0) is 0 Å². The molecule has 0 radical (unpaired) electrons. The maximum absolute atomic E-state index is 2.38. The summed E-state index contributed by atoms with van der Waals surface area (Å²) in [7, 11) is 0. The summed E-state index contributed by atoms with van der Waals surface area (Å²) in [6.07, 6.45) is 10.5. The molecule has 78 valence electrons. The predicted octanol–water partition coefficient (Wildman–Crippen LogP) is 4.07. The van der Waals surface area contributed by atoms with Crippen molar-refractivity contribution in [1.82, 2.24) is 0 Å². The molecular weight excluding hydrogens is 271 g/mol. The van der Waals surface area contributed by atoms with Gasteiger partial charge in [0.05, 0.1) is 0 Å². The number of allylic oxidation sites excluding steroid dienone is 5. The summed E-state index contributed by atoms with van der Waals surface area (Å²) in [5.74, 6) is 0. The van der Waals surface area contributed by atoms with Crippen LogP contribution in [0.1, 0.15) is 28.1 Å². The van der Waals surface area contributed by atoms with Crippen LogP contribution in [0.25, 0.3) is 6.08 Å². The summed E-state index contributed by atoms with van der Waals surface area (Å²) in [6, 6.07) is 8.89. The van der Waals surface area contributed by atoms with Crippen LogP contribution in [-0.2, 0) is 23.2 Å². The summed E-state index contributed by atoms with van der Waals surface area (Å²) >= 11 is -0.464. The van der Waals surface area contributed by atoms with Crippen LogP contribution in [0.15, 0.2) is 51.3 Å². The fraction of sp³-hybridized carbons (Fsp3) is 0.200. The van der Waals surface area contributed by atoms with E-state index in [0.717, 1.165) is 3.63 Å². The molecule has 0 saturated carbocycles. The molecule has 1 atom stereocenters. The first-order valence-electron chi connectivity index (χ1n) is 5.74. The molecule has 0 aromatic heterocycles. The molecule has 0 saturated heterocycles. The molecule has 0 nitrogen and oxygen atoms in total. The molecule has 1 aromatic carbocycles. The van der Waals surface area contributed by atoms with Gasteiger partial charge in [0.25, 0.3) is 0 Å². The number of rotatable bonds is 2. The molecule has 1 unspecified atom stereocenters. The van der Waals surface area contributed by atoms with E-state index in [1.54, 1.807) is 14.4 Å². The standard InChI is InChI=1S/C10H9.C5H5.Zr/c1-8-6-9-4-2-3-5-10(9)7-8;1-2-4-5-3-1;/h2-7H,1H3;1-3H,4H2;. The average Bonchev–Trinajstić information content (AvgIpc) is 2.89. The van der Waals surface area contributed by atoms with Crippen molar-refractivity contribution in [1.29, 1.82) is 0 Å². The Morgan fingerprint density at radius 1 is 1.25 bits per heavy atom. The van der Waals surface area contributed by atoms with Crippen LogP contribution in [0, 0.1) is 0 Å². The third-order valence-corrected chi connectivity index (χ3v) is 7.66. The summed E-state index contributed by atoms with van der Waals surface area (Å²) in [4.78, 5) is 0. The molecule has 0 amide bonds. The number of hydrogen-bond acceptors (Lipinski definition) is 0. The van der Waals surface area contributed by atoms with E-state index in [2.05, 4.69) is 55.5 Å². The molecular formula is C15H14Zr. The Labute approximate surface area is 108 Å². The Kier molecular flexibility index (Phi) is 2.81. The Hall–Kier alpha value is -0.677. The molecule has 0 bridgehead atoms. The van der Waals surface area contributed by atoms with Crippen LogP contribution >= 0.6 is 0 Å². The normalized spacial score (nSPS) is 21.7. The van der Waals surface area contributed by atoms with Crippen molar-refractivity contribution >= 4 is 6.08 Å². The molecule has 2 aliphatic carbocycles. The average molecular weight is 286 g/mol. The van der Waals surface area contributed by atoms with Gasteiger partial charge < -0.3 is 0 Å². The van der Waals surface area contributed by atoms with Crippen molar-refractivity contribution in [2.75, 3.05) is 0 Å². The molecule has 0 N–H and O–H groups in total. The quantitative estimate of drug-likeness (QED) is 0.768. The topological polar surface area (TPSA) is 0 Å². The zero-order valence-corrected chi connectivity index (χ0v) is 11.9. The molecule has 0 spiro atoms. The first-order chi connectivity index (χ1) is 7.84. The molecule has 16 heavy (non-hydrogen) atoms. The minimum absolute atomic E-state index is 0.464. The van der Waals surface area contributed by atoms with Crippen molar-refractivity contribution in [3.8, 4) is 0 Å². The molecule has 0 fully saturated rings. The van der Waals surface area contributed by atoms with E-state index in [9.17, 15) is 0 Å². The predicted molar refractivity (Wildman–Crippen MR) is 64.7 cm³/mol. The van der Waals surface area contributed by atoms with Crippen molar-refractivity contribution in [2.45, 2.75) is 17.0 Å². The van der Waals surface area contributed by atoms with Gasteiger partial charge in [0.1, 0.15) is 0 Å². The second-order valence-electron chi connectivity index (χ2n) is 4.42. The summed E-state index contributed by atoms with van der Waals surface area (Å²) < 4.78 is 2.52. The van der Waals surface area contributed by atoms with E-state index in [1.807, 2.05) is 0 Å². The van der Waals surface area contributed by atoms with E-state index < -0.39 is 23.2 Å². The molecule has 1 heteroatoms. The van der Waals surface area contributed by atoms with Crippen LogP contribution in [-0.4, -0.2) is 0 Å². The van der Waals surface area contributed by atoms with Gasteiger partial charge in [0, 0.05) is 0 Å². The van der Waals surface area contributed by atoms with E-state index in [-0.39, 0.29) is 0 Å². The van der Waals surface area contributed by atoms with Gasteiger partial charge in [-0.15, -0.1) is 0 Å². The van der Waals surface area contributed by atoms with Crippen molar-refractivity contribution in [2.24, 2.45) is 0 Å². The van der Waals surface area contributed by atoms with Crippen molar-refractivity contribution < 1.29 is 23.2 Å². The van der Waals surface area contributed by atoms with Crippen molar-refractivity contribution in [3.63, 3.8) is 0 Å². The maximum atomic E-state index is 2.38. The van der Waals surface area contributed by atoms with Gasteiger partial charge >= 0.3 is 109 Å². The summed E-state index contributed by atoms with van der Waals surface area (Å²) in [5, 5.41) is 0. The SMILES string of the molecule is CC1=Cc2ccccc2[CH]1[Zr][C]1=CC=CC1. The summed E-state index contributed by atoms with van der Waals surface area (Å²) in [6.45, 7) is 2.30. The fourth-order valence-electron chi connectivity index (χ4n) is 2.41. The molecule has 0 heterocycles.